The predicted molar refractivity (Wildman–Crippen MR) is 74.2 cm³/mol. The second kappa shape index (κ2) is 5.95. The van der Waals surface area contributed by atoms with Crippen LogP contribution in [0.15, 0.2) is 17.0 Å². The van der Waals surface area contributed by atoms with Gasteiger partial charge in [0, 0.05) is 23.0 Å². The summed E-state index contributed by atoms with van der Waals surface area (Å²) in [5, 5.41) is 0.318. The summed E-state index contributed by atoms with van der Waals surface area (Å²) in [7, 11) is -3.54. The lowest BCUT2D eigenvalue weighted by Gasteiger charge is -2.11. The standard InChI is InChI=1S/C10H15ClN2O2S2/c1-7-9(12)5-8(11)6-10(7)17(14,15)13-3-4-16-2/h5-6,13H,3-4,12H2,1-2H3. The molecule has 7 heteroatoms. The summed E-state index contributed by atoms with van der Waals surface area (Å²) in [4.78, 5) is 0.142. The van der Waals surface area contributed by atoms with Crippen LogP contribution in [0.2, 0.25) is 5.02 Å². The minimum absolute atomic E-state index is 0.142. The maximum Gasteiger partial charge on any atom is 0.240 e. The third-order valence-corrected chi connectivity index (χ3v) is 4.67. The lowest BCUT2D eigenvalue weighted by Crippen LogP contribution is -2.26. The Morgan fingerprint density at radius 3 is 2.71 bits per heavy atom. The maximum atomic E-state index is 12.0. The molecule has 0 aliphatic heterocycles. The first-order valence-electron chi connectivity index (χ1n) is 4.92. The van der Waals surface area contributed by atoms with Crippen molar-refractivity contribution < 1.29 is 8.42 Å². The van der Waals surface area contributed by atoms with E-state index in [0.717, 1.165) is 0 Å². The van der Waals surface area contributed by atoms with Crippen molar-refractivity contribution in [2.45, 2.75) is 11.8 Å². The summed E-state index contributed by atoms with van der Waals surface area (Å²) in [6.07, 6.45) is 1.91. The van der Waals surface area contributed by atoms with E-state index in [4.69, 9.17) is 17.3 Å². The summed E-state index contributed by atoms with van der Waals surface area (Å²) < 4.78 is 26.5. The zero-order valence-corrected chi connectivity index (χ0v) is 12.0. The van der Waals surface area contributed by atoms with Gasteiger partial charge in [0.1, 0.15) is 0 Å². The Bertz CT molecular complexity index is 503. The minimum Gasteiger partial charge on any atom is -0.398 e. The van der Waals surface area contributed by atoms with Crippen LogP contribution in [0, 0.1) is 6.92 Å². The number of nitrogens with one attached hydrogen (secondary N) is 1. The topological polar surface area (TPSA) is 72.2 Å². The maximum absolute atomic E-state index is 12.0. The molecule has 0 aliphatic carbocycles. The first-order chi connectivity index (χ1) is 7.88. The van der Waals surface area contributed by atoms with Gasteiger partial charge in [0.2, 0.25) is 10.0 Å². The highest BCUT2D eigenvalue weighted by molar-refractivity contribution is 7.98. The van der Waals surface area contributed by atoms with Gasteiger partial charge < -0.3 is 5.73 Å². The van der Waals surface area contributed by atoms with E-state index >= 15 is 0 Å². The fourth-order valence-corrected chi connectivity index (χ4v) is 3.37. The quantitative estimate of drug-likeness (QED) is 0.642. The molecule has 3 N–H and O–H groups in total. The summed E-state index contributed by atoms with van der Waals surface area (Å²) >= 11 is 7.38. The molecular formula is C10H15ClN2O2S2. The number of hydrogen-bond acceptors (Lipinski definition) is 4. The second-order valence-corrected chi connectivity index (χ2v) is 6.67. The van der Waals surface area contributed by atoms with E-state index in [0.29, 0.717) is 28.6 Å². The molecule has 1 aromatic rings. The van der Waals surface area contributed by atoms with Crippen LogP contribution in [0.5, 0.6) is 0 Å². The molecule has 0 fully saturated rings. The van der Waals surface area contributed by atoms with Crippen molar-refractivity contribution in [1.29, 1.82) is 0 Å². The Morgan fingerprint density at radius 2 is 2.12 bits per heavy atom. The molecule has 96 valence electrons. The molecule has 1 rings (SSSR count). The average molecular weight is 295 g/mol. The zero-order valence-electron chi connectivity index (χ0n) is 9.66. The number of thioether (sulfide) groups is 1. The van der Waals surface area contributed by atoms with Gasteiger partial charge in [0.15, 0.2) is 0 Å². The molecule has 0 radical (unpaired) electrons. The minimum atomic E-state index is -3.54. The highest BCUT2D eigenvalue weighted by Gasteiger charge is 2.18. The molecule has 0 atom stereocenters. The lowest BCUT2D eigenvalue weighted by molar-refractivity contribution is 0.583. The molecule has 1 aromatic carbocycles. The van der Waals surface area contributed by atoms with Gasteiger partial charge in [-0.1, -0.05) is 11.6 Å². The van der Waals surface area contributed by atoms with Gasteiger partial charge in [-0.05, 0) is 30.9 Å². The van der Waals surface area contributed by atoms with E-state index in [-0.39, 0.29) is 4.90 Å². The Morgan fingerprint density at radius 1 is 1.47 bits per heavy atom. The summed E-state index contributed by atoms with van der Waals surface area (Å²) in [5.41, 5.74) is 6.59. The van der Waals surface area contributed by atoms with Gasteiger partial charge in [-0.25, -0.2) is 13.1 Å². The van der Waals surface area contributed by atoms with Crippen LogP contribution < -0.4 is 10.5 Å². The largest absolute Gasteiger partial charge is 0.398 e. The molecule has 0 amide bonds. The monoisotopic (exact) mass is 294 g/mol. The zero-order chi connectivity index (χ0) is 13.1. The SMILES string of the molecule is CSCCNS(=O)(=O)c1cc(Cl)cc(N)c1C. The van der Waals surface area contributed by atoms with Crippen molar-refractivity contribution in [2.24, 2.45) is 0 Å². The Kier molecular flexibility index (Phi) is 5.12. The van der Waals surface area contributed by atoms with Gasteiger partial charge in [0.05, 0.1) is 4.90 Å². The summed E-state index contributed by atoms with van der Waals surface area (Å²) in [6, 6.07) is 2.95. The van der Waals surface area contributed by atoms with Crippen LogP contribution in [-0.2, 0) is 10.0 Å². The van der Waals surface area contributed by atoms with Crippen LogP contribution >= 0.6 is 23.4 Å². The van der Waals surface area contributed by atoms with Crippen molar-refractivity contribution in [3.05, 3.63) is 22.7 Å². The molecule has 0 bridgehead atoms. The third-order valence-electron chi connectivity index (χ3n) is 2.25. The highest BCUT2D eigenvalue weighted by Crippen LogP contribution is 2.25. The first kappa shape index (κ1) is 14.6. The molecule has 0 saturated heterocycles. The fraction of sp³-hybridized carbons (Fsp3) is 0.400. The number of nitrogen functional groups attached to an aromatic ring is 1. The number of benzene rings is 1. The van der Waals surface area contributed by atoms with E-state index in [2.05, 4.69) is 4.72 Å². The summed E-state index contributed by atoms with van der Waals surface area (Å²) in [5.74, 6) is 0.717. The lowest BCUT2D eigenvalue weighted by atomic mass is 10.2. The molecule has 0 aromatic heterocycles. The van der Waals surface area contributed by atoms with Crippen molar-refractivity contribution in [3.63, 3.8) is 0 Å². The predicted octanol–water partition coefficient (Wildman–Crippen LogP) is 1.87. The third kappa shape index (κ3) is 3.77. The van der Waals surface area contributed by atoms with Gasteiger partial charge >= 0.3 is 0 Å². The van der Waals surface area contributed by atoms with Gasteiger partial charge in [-0.15, -0.1) is 0 Å². The number of anilines is 1. The Labute approximate surface area is 111 Å². The molecule has 0 spiro atoms. The van der Waals surface area contributed by atoms with Crippen LogP contribution in [0.25, 0.3) is 0 Å². The number of hydrogen-bond donors (Lipinski definition) is 2. The van der Waals surface area contributed by atoms with Gasteiger partial charge in [-0.2, -0.15) is 11.8 Å². The summed E-state index contributed by atoms with van der Waals surface area (Å²) in [6.45, 7) is 2.05. The van der Waals surface area contributed by atoms with Gasteiger partial charge in [0.25, 0.3) is 0 Å². The highest BCUT2D eigenvalue weighted by atomic mass is 35.5. The average Bonchev–Trinajstić information content (AvgIpc) is 2.23. The van der Waals surface area contributed by atoms with E-state index in [9.17, 15) is 8.42 Å². The van der Waals surface area contributed by atoms with Crippen LogP contribution in [-0.4, -0.2) is 27.0 Å². The van der Waals surface area contributed by atoms with E-state index in [1.54, 1.807) is 18.7 Å². The molecule has 17 heavy (non-hydrogen) atoms. The number of rotatable bonds is 5. The van der Waals surface area contributed by atoms with Gasteiger partial charge in [-0.3, -0.25) is 0 Å². The molecule has 4 nitrogen and oxygen atoms in total. The van der Waals surface area contributed by atoms with Crippen molar-refractivity contribution in [1.82, 2.24) is 4.72 Å². The first-order valence-corrected chi connectivity index (χ1v) is 8.18. The van der Waals surface area contributed by atoms with Crippen molar-refractivity contribution >= 4 is 39.1 Å². The molecule has 0 aliphatic rings. The normalized spacial score (nSPS) is 11.7. The van der Waals surface area contributed by atoms with E-state index in [1.165, 1.54) is 12.1 Å². The van der Waals surface area contributed by atoms with E-state index < -0.39 is 10.0 Å². The van der Waals surface area contributed by atoms with Crippen molar-refractivity contribution in [3.8, 4) is 0 Å². The smallest absolute Gasteiger partial charge is 0.240 e. The molecule has 0 saturated carbocycles. The molecule has 0 heterocycles. The number of sulfonamides is 1. The second-order valence-electron chi connectivity index (χ2n) is 3.51. The van der Waals surface area contributed by atoms with Crippen LogP contribution in [0.1, 0.15) is 5.56 Å². The molecule has 0 unspecified atom stereocenters. The molecular weight excluding hydrogens is 280 g/mol. The van der Waals surface area contributed by atoms with Crippen molar-refractivity contribution in [2.75, 3.05) is 24.3 Å². The Hall–Kier alpha value is -0.430. The fourth-order valence-electron chi connectivity index (χ4n) is 1.31. The number of halogens is 1. The van der Waals surface area contributed by atoms with E-state index in [1.807, 2.05) is 6.26 Å². The number of nitrogens with two attached hydrogens (primary N) is 1. The van der Waals surface area contributed by atoms with Crippen LogP contribution in [0.4, 0.5) is 5.69 Å². The van der Waals surface area contributed by atoms with Crippen LogP contribution in [0.3, 0.4) is 0 Å². The Balaban J connectivity index is 3.06.